The van der Waals surface area contributed by atoms with E-state index in [0.29, 0.717) is 23.0 Å². The van der Waals surface area contributed by atoms with Crippen molar-refractivity contribution in [3.63, 3.8) is 0 Å². The fraction of sp³-hybridized carbons (Fsp3) is 0.100. The number of nitriles is 1. The highest BCUT2D eigenvalue weighted by atomic mass is 16.1. The number of aldehydes is 1. The predicted molar refractivity (Wildman–Crippen MR) is 46.5 cm³/mol. The highest BCUT2D eigenvalue weighted by Crippen LogP contribution is 2.10. The minimum atomic E-state index is -0.209. The van der Waals surface area contributed by atoms with Crippen molar-refractivity contribution in [2.45, 2.75) is 6.92 Å². The molecule has 0 aliphatic rings. The lowest BCUT2D eigenvalue weighted by Gasteiger charge is -1.99. The molecule has 0 radical (unpaired) electrons. The Hall–Kier alpha value is -1.95. The fourth-order valence-corrected chi connectivity index (χ4v) is 1.03. The Morgan fingerprint density at radius 2 is 2.23 bits per heavy atom. The lowest BCUT2D eigenvalue weighted by atomic mass is 10.0. The van der Waals surface area contributed by atoms with E-state index in [1.165, 1.54) is 25.1 Å². The van der Waals surface area contributed by atoms with Crippen molar-refractivity contribution in [1.29, 1.82) is 5.26 Å². The largest absolute Gasteiger partial charge is 0.298 e. The van der Waals surface area contributed by atoms with Gasteiger partial charge in [-0.1, -0.05) is 0 Å². The molecule has 0 spiro atoms. The van der Waals surface area contributed by atoms with Crippen molar-refractivity contribution < 1.29 is 9.59 Å². The first-order valence-corrected chi connectivity index (χ1v) is 3.69. The average Bonchev–Trinajstić information content (AvgIpc) is 2.16. The lowest BCUT2D eigenvalue weighted by Crippen LogP contribution is -1.99. The summed E-state index contributed by atoms with van der Waals surface area (Å²) >= 11 is 0. The van der Waals surface area contributed by atoms with Crippen molar-refractivity contribution >= 4 is 12.1 Å². The summed E-state index contributed by atoms with van der Waals surface area (Å²) in [6, 6.07) is 6.31. The highest BCUT2D eigenvalue weighted by molar-refractivity contribution is 6.01. The molecule has 0 unspecified atom stereocenters. The second-order valence-electron chi connectivity index (χ2n) is 2.59. The van der Waals surface area contributed by atoms with Crippen LogP contribution in [0.15, 0.2) is 18.2 Å². The molecule has 13 heavy (non-hydrogen) atoms. The van der Waals surface area contributed by atoms with Gasteiger partial charge in [0.05, 0.1) is 11.6 Å². The first kappa shape index (κ1) is 9.14. The molecule has 1 rings (SSSR count). The summed E-state index contributed by atoms with van der Waals surface area (Å²) in [7, 11) is 0. The molecule has 0 aromatic heterocycles. The third-order valence-electron chi connectivity index (χ3n) is 1.69. The molecule has 0 N–H and O–H groups in total. The summed E-state index contributed by atoms with van der Waals surface area (Å²) < 4.78 is 0. The maximum absolute atomic E-state index is 11.0. The van der Waals surface area contributed by atoms with Gasteiger partial charge < -0.3 is 0 Å². The van der Waals surface area contributed by atoms with Gasteiger partial charge in [0.25, 0.3) is 0 Å². The first-order valence-electron chi connectivity index (χ1n) is 3.69. The van der Waals surface area contributed by atoms with Gasteiger partial charge in [-0.2, -0.15) is 5.26 Å². The third-order valence-corrected chi connectivity index (χ3v) is 1.69. The van der Waals surface area contributed by atoms with Crippen molar-refractivity contribution in [3.05, 3.63) is 34.9 Å². The van der Waals surface area contributed by atoms with Crippen LogP contribution in [0.1, 0.15) is 33.2 Å². The number of carbonyl (C=O) groups is 2. The second kappa shape index (κ2) is 3.63. The van der Waals surface area contributed by atoms with Crippen LogP contribution in [0.3, 0.4) is 0 Å². The van der Waals surface area contributed by atoms with Crippen LogP contribution in [-0.2, 0) is 0 Å². The van der Waals surface area contributed by atoms with E-state index in [1.54, 1.807) is 0 Å². The molecule has 0 saturated carbocycles. The monoisotopic (exact) mass is 173 g/mol. The molecule has 0 bridgehead atoms. The number of nitrogens with zero attached hydrogens (tertiary/aromatic N) is 1. The minimum Gasteiger partial charge on any atom is -0.298 e. The number of hydrogen-bond acceptors (Lipinski definition) is 3. The number of ketones is 1. The van der Waals surface area contributed by atoms with Crippen LogP contribution in [-0.4, -0.2) is 12.1 Å². The Morgan fingerprint density at radius 1 is 1.54 bits per heavy atom. The van der Waals surface area contributed by atoms with Crippen molar-refractivity contribution in [2.24, 2.45) is 0 Å². The van der Waals surface area contributed by atoms with Crippen molar-refractivity contribution in [3.8, 4) is 6.07 Å². The van der Waals surface area contributed by atoms with Gasteiger partial charge in [0.1, 0.15) is 0 Å². The number of Topliss-reactive ketones (excluding diaryl/α,β-unsaturated/α-hetero) is 1. The van der Waals surface area contributed by atoms with E-state index < -0.39 is 0 Å². The quantitative estimate of drug-likeness (QED) is 0.503. The van der Waals surface area contributed by atoms with Crippen LogP contribution in [0.4, 0.5) is 0 Å². The minimum absolute atomic E-state index is 0.209. The molecule has 1 aromatic carbocycles. The zero-order chi connectivity index (χ0) is 9.84. The number of rotatable bonds is 2. The molecule has 3 nitrogen and oxygen atoms in total. The van der Waals surface area contributed by atoms with Crippen LogP contribution in [0.25, 0.3) is 0 Å². The summed E-state index contributed by atoms with van der Waals surface area (Å²) in [5.74, 6) is -0.209. The predicted octanol–water partition coefficient (Wildman–Crippen LogP) is 1.57. The number of benzene rings is 1. The standard InChI is InChI=1S/C10H7NO2/c1-7(13)10-4-8(5-11)2-3-9(10)6-12/h2-4,6H,1H3. The molecule has 64 valence electrons. The summed E-state index contributed by atoms with van der Waals surface area (Å²) in [4.78, 5) is 21.5. The Morgan fingerprint density at radius 3 is 2.69 bits per heavy atom. The Labute approximate surface area is 75.6 Å². The molecule has 1 aromatic rings. The molecule has 0 aliphatic heterocycles. The summed E-state index contributed by atoms with van der Waals surface area (Å²) in [5.41, 5.74) is 1.01. The van der Waals surface area contributed by atoms with E-state index in [2.05, 4.69) is 0 Å². The molecule has 0 fully saturated rings. The smallest absolute Gasteiger partial charge is 0.160 e. The van der Waals surface area contributed by atoms with Crippen molar-refractivity contribution in [2.75, 3.05) is 0 Å². The maximum atomic E-state index is 11.0. The third kappa shape index (κ3) is 1.79. The average molecular weight is 173 g/mol. The van der Waals surface area contributed by atoms with E-state index in [1.807, 2.05) is 6.07 Å². The molecule has 0 heterocycles. The van der Waals surface area contributed by atoms with E-state index in [9.17, 15) is 9.59 Å². The normalized spacial score (nSPS) is 8.92. The van der Waals surface area contributed by atoms with Crippen LogP contribution in [0, 0.1) is 11.3 Å². The fourth-order valence-electron chi connectivity index (χ4n) is 1.03. The van der Waals surface area contributed by atoms with Crippen LogP contribution < -0.4 is 0 Å². The lowest BCUT2D eigenvalue weighted by molar-refractivity contribution is 0.101. The summed E-state index contributed by atoms with van der Waals surface area (Å²) in [6.45, 7) is 1.36. The van der Waals surface area contributed by atoms with Gasteiger partial charge in [-0.3, -0.25) is 9.59 Å². The zero-order valence-electron chi connectivity index (χ0n) is 7.07. The Kier molecular flexibility index (Phi) is 2.56. The molecule has 0 atom stereocenters. The Balaban J connectivity index is 3.36. The molecule has 0 saturated heterocycles. The number of hydrogen-bond donors (Lipinski definition) is 0. The summed E-state index contributed by atoms with van der Waals surface area (Å²) in [5, 5.41) is 8.56. The molecule has 3 heteroatoms. The SMILES string of the molecule is CC(=O)c1cc(C#N)ccc1C=O. The van der Waals surface area contributed by atoms with Crippen molar-refractivity contribution in [1.82, 2.24) is 0 Å². The summed E-state index contributed by atoms with van der Waals surface area (Å²) in [6.07, 6.45) is 0.609. The van der Waals surface area contributed by atoms with E-state index in [0.717, 1.165) is 0 Å². The van der Waals surface area contributed by atoms with Crippen LogP contribution in [0.5, 0.6) is 0 Å². The van der Waals surface area contributed by atoms with Gasteiger partial charge in [-0.25, -0.2) is 0 Å². The first-order chi connectivity index (χ1) is 6.19. The van der Waals surface area contributed by atoms with E-state index >= 15 is 0 Å². The molecule has 0 aliphatic carbocycles. The molecular weight excluding hydrogens is 166 g/mol. The van der Waals surface area contributed by atoms with Gasteiger partial charge in [-0.15, -0.1) is 0 Å². The van der Waals surface area contributed by atoms with Crippen LogP contribution >= 0.6 is 0 Å². The van der Waals surface area contributed by atoms with Gasteiger partial charge in [0, 0.05) is 11.1 Å². The van der Waals surface area contributed by atoms with Gasteiger partial charge in [0.2, 0.25) is 0 Å². The Bertz CT molecular complexity index is 402. The zero-order valence-corrected chi connectivity index (χ0v) is 7.07. The van der Waals surface area contributed by atoms with E-state index in [4.69, 9.17) is 5.26 Å². The number of carbonyl (C=O) groups excluding carboxylic acids is 2. The maximum Gasteiger partial charge on any atom is 0.160 e. The second-order valence-corrected chi connectivity index (χ2v) is 2.59. The molecule has 0 amide bonds. The molecular formula is C10H7NO2. The van der Waals surface area contributed by atoms with Crippen LogP contribution in [0.2, 0.25) is 0 Å². The van der Waals surface area contributed by atoms with E-state index in [-0.39, 0.29) is 5.78 Å². The van der Waals surface area contributed by atoms with Gasteiger partial charge in [0.15, 0.2) is 12.1 Å². The highest BCUT2D eigenvalue weighted by Gasteiger charge is 2.06. The van der Waals surface area contributed by atoms with Gasteiger partial charge >= 0.3 is 0 Å². The van der Waals surface area contributed by atoms with Gasteiger partial charge in [-0.05, 0) is 25.1 Å². The topological polar surface area (TPSA) is 57.9 Å².